The largest absolute Gasteiger partial charge is 0.405 e. The van der Waals surface area contributed by atoms with Crippen molar-refractivity contribution >= 4 is 5.91 Å². The summed E-state index contributed by atoms with van der Waals surface area (Å²) in [7, 11) is 1.86. The van der Waals surface area contributed by atoms with Crippen LogP contribution >= 0.6 is 0 Å². The molecule has 1 rings (SSSR count). The minimum absolute atomic E-state index is 0.183. The molecule has 0 radical (unpaired) electrons. The smallest absolute Gasteiger partial charge is 0.343 e. The van der Waals surface area contributed by atoms with Crippen LogP contribution in [-0.4, -0.2) is 37.1 Å². The van der Waals surface area contributed by atoms with Gasteiger partial charge < -0.3 is 10.2 Å². The van der Waals surface area contributed by atoms with Gasteiger partial charge in [0.1, 0.15) is 6.54 Å². The molecular formula is C14H16F3N3O. The van der Waals surface area contributed by atoms with Crippen molar-refractivity contribution in [3.63, 3.8) is 0 Å². The molecule has 0 atom stereocenters. The number of rotatable bonds is 6. The van der Waals surface area contributed by atoms with E-state index in [1.165, 1.54) is 12.1 Å². The van der Waals surface area contributed by atoms with Gasteiger partial charge >= 0.3 is 6.18 Å². The summed E-state index contributed by atoms with van der Waals surface area (Å²) < 4.78 is 36.0. The number of nitriles is 1. The highest BCUT2D eigenvalue weighted by Gasteiger charge is 2.27. The second kappa shape index (κ2) is 7.64. The standard InChI is InChI=1S/C14H16F3N3O/c1-20(8-2-7-18)9-11-3-5-12(6-4-11)13(21)19-10-14(15,16)17/h3-6H,2,8-10H2,1H3,(H,19,21). The number of amides is 1. The summed E-state index contributed by atoms with van der Waals surface area (Å²) in [5.74, 6) is -0.753. The van der Waals surface area contributed by atoms with Crippen molar-refractivity contribution < 1.29 is 18.0 Å². The third-order valence-corrected chi connectivity index (χ3v) is 2.72. The molecule has 0 bridgehead atoms. The summed E-state index contributed by atoms with van der Waals surface area (Å²) in [6.45, 7) is -0.110. The van der Waals surface area contributed by atoms with Crippen molar-refractivity contribution in [1.29, 1.82) is 5.26 Å². The Morgan fingerprint density at radius 1 is 1.33 bits per heavy atom. The zero-order valence-electron chi connectivity index (χ0n) is 11.6. The van der Waals surface area contributed by atoms with E-state index in [4.69, 9.17) is 5.26 Å². The highest BCUT2D eigenvalue weighted by atomic mass is 19.4. The van der Waals surface area contributed by atoms with Crippen LogP contribution in [0.15, 0.2) is 24.3 Å². The average molecular weight is 299 g/mol. The van der Waals surface area contributed by atoms with Gasteiger partial charge in [0.25, 0.3) is 5.91 Å². The summed E-state index contributed by atoms with van der Waals surface area (Å²) in [6, 6.07) is 8.39. The fraction of sp³-hybridized carbons (Fsp3) is 0.429. The fourth-order valence-electron chi connectivity index (χ4n) is 1.68. The van der Waals surface area contributed by atoms with Crippen molar-refractivity contribution in [2.45, 2.75) is 19.1 Å². The van der Waals surface area contributed by atoms with Gasteiger partial charge in [-0.15, -0.1) is 0 Å². The van der Waals surface area contributed by atoms with Gasteiger partial charge in [0, 0.05) is 25.1 Å². The molecule has 0 aliphatic rings. The van der Waals surface area contributed by atoms with Gasteiger partial charge in [-0.1, -0.05) is 12.1 Å². The van der Waals surface area contributed by atoms with E-state index in [-0.39, 0.29) is 5.56 Å². The molecule has 1 aromatic carbocycles. The molecule has 1 amide bonds. The maximum absolute atomic E-state index is 12.0. The second-order valence-corrected chi connectivity index (χ2v) is 4.64. The maximum atomic E-state index is 12.0. The molecule has 0 spiro atoms. The van der Waals surface area contributed by atoms with Crippen LogP contribution in [0.25, 0.3) is 0 Å². The summed E-state index contributed by atoms with van der Waals surface area (Å²) in [5.41, 5.74) is 1.10. The van der Waals surface area contributed by atoms with Crippen LogP contribution in [-0.2, 0) is 6.54 Å². The van der Waals surface area contributed by atoms with E-state index in [1.807, 2.05) is 23.3 Å². The molecule has 114 valence electrons. The van der Waals surface area contributed by atoms with Crippen molar-refractivity contribution in [3.05, 3.63) is 35.4 Å². The minimum atomic E-state index is -4.42. The quantitative estimate of drug-likeness (QED) is 0.877. The van der Waals surface area contributed by atoms with Gasteiger partial charge in [-0.05, 0) is 24.7 Å². The van der Waals surface area contributed by atoms with E-state index in [9.17, 15) is 18.0 Å². The number of nitrogens with zero attached hydrogens (tertiary/aromatic N) is 2. The lowest BCUT2D eigenvalue weighted by molar-refractivity contribution is -0.123. The maximum Gasteiger partial charge on any atom is 0.405 e. The highest BCUT2D eigenvalue weighted by Crippen LogP contribution is 2.13. The zero-order valence-corrected chi connectivity index (χ0v) is 11.6. The number of carbonyl (C=O) groups excluding carboxylic acids is 1. The van der Waals surface area contributed by atoms with Gasteiger partial charge in [0.2, 0.25) is 0 Å². The Morgan fingerprint density at radius 3 is 2.48 bits per heavy atom. The van der Waals surface area contributed by atoms with Crippen LogP contribution in [0.4, 0.5) is 13.2 Å². The molecule has 4 nitrogen and oxygen atoms in total. The molecule has 0 aromatic heterocycles. The Hall–Kier alpha value is -2.07. The van der Waals surface area contributed by atoms with Crippen LogP contribution in [0.1, 0.15) is 22.3 Å². The van der Waals surface area contributed by atoms with Crippen LogP contribution < -0.4 is 5.32 Å². The van der Waals surface area contributed by atoms with E-state index >= 15 is 0 Å². The van der Waals surface area contributed by atoms with Gasteiger partial charge in [0.15, 0.2) is 0 Å². The Kier molecular flexibility index (Phi) is 6.18. The van der Waals surface area contributed by atoms with E-state index < -0.39 is 18.6 Å². The third-order valence-electron chi connectivity index (χ3n) is 2.72. The first-order valence-electron chi connectivity index (χ1n) is 6.31. The number of alkyl halides is 3. The molecular weight excluding hydrogens is 283 g/mol. The Labute approximate surface area is 121 Å². The first kappa shape index (κ1) is 17.0. The van der Waals surface area contributed by atoms with Crippen LogP contribution in [0.3, 0.4) is 0 Å². The highest BCUT2D eigenvalue weighted by molar-refractivity contribution is 5.94. The molecule has 1 aromatic rings. The number of hydrogen-bond acceptors (Lipinski definition) is 3. The molecule has 0 aliphatic carbocycles. The lowest BCUT2D eigenvalue weighted by atomic mass is 10.1. The first-order valence-corrected chi connectivity index (χ1v) is 6.31. The first-order chi connectivity index (χ1) is 9.81. The van der Waals surface area contributed by atoms with Crippen molar-refractivity contribution in [3.8, 4) is 6.07 Å². The lowest BCUT2D eigenvalue weighted by Crippen LogP contribution is -2.33. The molecule has 0 unspecified atom stereocenters. The Bertz CT molecular complexity index is 506. The topological polar surface area (TPSA) is 56.1 Å². The van der Waals surface area contributed by atoms with Crippen molar-refractivity contribution in [2.24, 2.45) is 0 Å². The van der Waals surface area contributed by atoms with E-state index in [2.05, 4.69) is 0 Å². The van der Waals surface area contributed by atoms with Gasteiger partial charge in [-0.25, -0.2) is 0 Å². The van der Waals surface area contributed by atoms with Gasteiger partial charge in [-0.2, -0.15) is 18.4 Å². The van der Waals surface area contributed by atoms with E-state index in [0.717, 1.165) is 5.56 Å². The Balaban J connectivity index is 2.54. The third kappa shape index (κ3) is 6.77. The van der Waals surface area contributed by atoms with Gasteiger partial charge in [0.05, 0.1) is 6.07 Å². The SMILES string of the molecule is CN(CCC#N)Cc1ccc(C(=O)NCC(F)(F)F)cc1. The number of carbonyl (C=O) groups is 1. The summed E-state index contributed by atoms with van der Waals surface area (Å²) >= 11 is 0. The summed E-state index contributed by atoms with van der Waals surface area (Å²) in [6.07, 6.45) is -3.99. The van der Waals surface area contributed by atoms with Gasteiger partial charge in [-0.3, -0.25) is 4.79 Å². The number of halogens is 3. The molecule has 1 N–H and O–H groups in total. The normalized spacial score (nSPS) is 11.2. The second-order valence-electron chi connectivity index (χ2n) is 4.64. The molecule has 0 heterocycles. The predicted molar refractivity (Wildman–Crippen MR) is 71.4 cm³/mol. The van der Waals surface area contributed by atoms with E-state index in [0.29, 0.717) is 19.5 Å². The zero-order chi connectivity index (χ0) is 15.9. The summed E-state index contributed by atoms with van der Waals surface area (Å²) in [5, 5.41) is 10.3. The molecule has 0 aliphatic heterocycles. The van der Waals surface area contributed by atoms with Crippen molar-refractivity contribution in [2.75, 3.05) is 20.1 Å². The van der Waals surface area contributed by atoms with Crippen LogP contribution in [0.2, 0.25) is 0 Å². The molecule has 0 saturated heterocycles. The average Bonchev–Trinajstić information content (AvgIpc) is 2.42. The number of benzene rings is 1. The van der Waals surface area contributed by atoms with E-state index in [1.54, 1.807) is 12.1 Å². The molecule has 7 heteroatoms. The van der Waals surface area contributed by atoms with Crippen LogP contribution in [0, 0.1) is 11.3 Å². The van der Waals surface area contributed by atoms with Crippen molar-refractivity contribution in [1.82, 2.24) is 10.2 Å². The predicted octanol–water partition coefficient (Wildman–Crippen LogP) is 2.32. The Morgan fingerprint density at radius 2 is 1.95 bits per heavy atom. The molecule has 0 saturated carbocycles. The molecule has 21 heavy (non-hydrogen) atoms. The van der Waals surface area contributed by atoms with Crippen LogP contribution in [0.5, 0.6) is 0 Å². The number of hydrogen-bond donors (Lipinski definition) is 1. The lowest BCUT2D eigenvalue weighted by Gasteiger charge is -2.15. The summed E-state index contributed by atoms with van der Waals surface area (Å²) in [4.78, 5) is 13.5. The number of nitrogens with one attached hydrogen (secondary N) is 1. The monoisotopic (exact) mass is 299 g/mol. The molecule has 0 fully saturated rings. The fourth-order valence-corrected chi connectivity index (χ4v) is 1.68. The minimum Gasteiger partial charge on any atom is -0.343 e.